The molecular weight excluding hydrogens is 245 g/mol. The number of carbonyl (C=O) groups is 1. The van der Waals surface area contributed by atoms with Gasteiger partial charge >= 0.3 is 7.12 Å². The molecule has 0 amide bonds. The van der Waals surface area contributed by atoms with Crippen LogP contribution in [0.15, 0.2) is 12.3 Å². The van der Waals surface area contributed by atoms with Gasteiger partial charge < -0.3 is 14.0 Å². The summed E-state index contributed by atoms with van der Waals surface area (Å²) in [5.41, 5.74) is 0.187. The van der Waals surface area contributed by atoms with E-state index in [1.54, 1.807) is 12.3 Å². The van der Waals surface area contributed by atoms with Crippen LogP contribution in [-0.4, -0.2) is 36.7 Å². The summed E-state index contributed by atoms with van der Waals surface area (Å²) in [6.07, 6.45) is 2.24. The number of pyridine rings is 1. The van der Waals surface area contributed by atoms with Crippen molar-refractivity contribution in [3.05, 3.63) is 18.0 Å². The lowest BCUT2D eigenvalue weighted by molar-refractivity contribution is 0.00578. The number of hydrogen-bond donors (Lipinski definition) is 0. The molecule has 6 heteroatoms. The summed E-state index contributed by atoms with van der Waals surface area (Å²) in [6.45, 7) is 7.93. The summed E-state index contributed by atoms with van der Waals surface area (Å²) in [4.78, 5) is 14.9. The molecule has 102 valence electrons. The summed E-state index contributed by atoms with van der Waals surface area (Å²) in [5.74, 6) is 0.419. The maximum Gasteiger partial charge on any atom is 0.496 e. The average molecular weight is 263 g/mol. The van der Waals surface area contributed by atoms with Crippen LogP contribution in [0.2, 0.25) is 0 Å². The number of aldehydes is 1. The average Bonchev–Trinajstić information content (AvgIpc) is 2.57. The molecule has 0 radical (unpaired) electrons. The molecule has 5 nitrogen and oxygen atoms in total. The third-order valence-electron chi connectivity index (χ3n) is 3.76. The molecule has 1 fully saturated rings. The van der Waals surface area contributed by atoms with Gasteiger partial charge in [-0.05, 0) is 33.8 Å². The Kier molecular flexibility index (Phi) is 3.41. The van der Waals surface area contributed by atoms with Crippen LogP contribution < -0.4 is 10.2 Å². The third kappa shape index (κ3) is 2.38. The second-order valence-corrected chi connectivity index (χ2v) is 5.56. The second-order valence-electron chi connectivity index (χ2n) is 5.56. The summed E-state index contributed by atoms with van der Waals surface area (Å²) >= 11 is 0. The van der Waals surface area contributed by atoms with E-state index in [0.717, 1.165) is 5.46 Å². The Morgan fingerprint density at radius 2 is 1.84 bits per heavy atom. The number of methoxy groups -OCH3 is 1. The van der Waals surface area contributed by atoms with Crippen LogP contribution >= 0.6 is 0 Å². The van der Waals surface area contributed by atoms with Gasteiger partial charge in [0.05, 0.1) is 18.3 Å². The Morgan fingerprint density at radius 3 is 2.32 bits per heavy atom. The minimum atomic E-state index is -0.507. The molecule has 1 aromatic heterocycles. The first-order valence-corrected chi connectivity index (χ1v) is 6.15. The van der Waals surface area contributed by atoms with Crippen LogP contribution in [0, 0.1) is 0 Å². The van der Waals surface area contributed by atoms with Gasteiger partial charge in [-0.15, -0.1) is 0 Å². The quantitative estimate of drug-likeness (QED) is 0.605. The second kappa shape index (κ2) is 4.61. The van der Waals surface area contributed by atoms with Crippen LogP contribution in [0.25, 0.3) is 0 Å². The van der Waals surface area contributed by atoms with Crippen molar-refractivity contribution >= 4 is 18.9 Å². The van der Waals surface area contributed by atoms with Crippen LogP contribution in [-0.2, 0) is 9.31 Å². The van der Waals surface area contributed by atoms with Crippen LogP contribution in [0.3, 0.4) is 0 Å². The van der Waals surface area contributed by atoms with Crippen molar-refractivity contribution in [2.45, 2.75) is 38.9 Å². The van der Waals surface area contributed by atoms with Crippen LogP contribution in [0.5, 0.6) is 5.75 Å². The molecule has 0 atom stereocenters. The first-order valence-electron chi connectivity index (χ1n) is 6.15. The first kappa shape index (κ1) is 14.0. The molecule has 2 rings (SSSR count). The third-order valence-corrected chi connectivity index (χ3v) is 3.76. The van der Waals surface area contributed by atoms with Crippen molar-refractivity contribution in [2.75, 3.05) is 7.11 Å². The number of nitrogens with zero attached hydrogens (tertiary/aromatic N) is 1. The van der Waals surface area contributed by atoms with Gasteiger partial charge in [0, 0.05) is 11.7 Å². The highest BCUT2D eigenvalue weighted by Gasteiger charge is 2.51. The number of carbonyl (C=O) groups excluding carboxylic acids is 1. The number of aromatic nitrogens is 1. The van der Waals surface area contributed by atoms with E-state index >= 15 is 0 Å². The minimum absolute atomic E-state index is 0.266. The molecule has 0 spiro atoms. The summed E-state index contributed by atoms with van der Waals surface area (Å²) in [6, 6.07) is 1.72. The van der Waals surface area contributed by atoms with Crippen molar-refractivity contribution in [3.63, 3.8) is 0 Å². The van der Waals surface area contributed by atoms with Crippen LogP contribution in [0.4, 0.5) is 0 Å². The molecular formula is C13H18BNO4. The summed E-state index contributed by atoms with van der Waals surface area (Å²) < 4.78 is 17.0. The largest absolute Gasteiger partial charge is 0.496 e. The highest BCUT2D eigenvalue weighted by atomic mass is 16.7. The molecule has 0 aliphatic carbocycles. The smallest absolute Gasteiger partial charge is 0.494 e. The van der Waals surface area contributed by atoms with Gasteiger partial charge in [-0.25, -0.2) is 4.98 Å². The molecule has 1 aliphatic heterocycles. The molecule has 0 unspecified atom stereocenters. The van der Waals surface area contributed by atoms with E-state index in [2.05, 4.69) is 4.98 Å². The zero-order valence-corrected chi connectivity index (χ0v) is 11.9. The van der Waals surface area contributed by atoms with E-state index in [1.807, 2.05) is 27.7 Å². The fraction of sp³-hybridized carbons (Fsp3) is 0.538. The maximum atomic E-state index is 10.8. The van der Waals surface area contributed by atoms with E-state index in [-0.39, 0.29) is 5.69 Å². The van der Waals surface area contributed by atoms with E-state index in [4.69, 9.17) is 14.0 Å². The molecule has 0 N–H and O–H groups in total. The fourth-order valence-corrected chi connectivity index (χ4v) is 1.83. The van der Waals surface area contributed by atoms with E-state index in [0.29, 0.717) is 12.0 Å². The van der Waals surface area contributed by atoms with Gasteiger partial charge in [-0.2, -0.15) is 0 Å². The van der Waals surface area contributed by atoms with Gasteiger partial charge in [0.1, 0.15) is 11.4 Å². The van der Waals surface area contributed by atoms with E-state index < -0.39 is 18.3 Å². The monoisotopic (exact) mass is 263 g/mol. The Balaban J connectivity index is 2.32. The zero-order valence-electron chi connectivity index (χ0n) is 11.9. The van der Waals surface area contributed by atoms with Gasteiger partial charge in [0.25, 0.3) is 0 Å². The predicted octanol–water partition coefficient (Wildman–Crippen LogP) is 1.20. The lowest BCUT2D eigenvalue weighted by Crippen LogP contribution is -2.41. The molecule has 19 heavy (non-hydrogen) atoms. The molecule has 0 bridgehead atoms. The SMILES string of the molecule is COc1cc(B2OC(C)(C)C(C)(C)O2)cnc1C=O. The highest BCUT2D eigenvalue weighted by molar-refractivity contribution is 6.62. The standard InChI is InChI=1S/C13H18BNO4/c1-12(2)13(3,4)19-14(18-12)9-6-11(17-5)10(8-16)15-7-9/h6-8H,1-5H3. The lowest BCUT2D eigenvalue weighted by Gasteiger charge is -2.32. The molecule has 0 saturated carbocycles. The topological polar surface area (TPSA) is 57.6 Å². The molecule has 0 aromatic carbocycles. The minimum Gasteiger partial charge on any atom is -0.494 e. The molecule has 1 saturated heterocycles. The number of rotatable bonds is 3. The molecule has 2 heterocycles. The van der Waals surface area contributed by atoms with Crippen molar-refractivity contribution in [2.24, 2.45) is 0 Å². The normalized spacial score (nSPS) is 20.4. The Labute approximate surface area is 113 Å². The van der Waals surface area contributed by atoms with Crippen molar-refractivity contribution < 1.29 is 18.8 Å². The van der Waals surface area contributed by atoms with Gasteiger partial charge in [0.2, 0.25) is 0 Å². The van der Waals surface area contributed by atoms with Crippen molar-refractivity contribution in [1.82, 2.24) is 4.98 Å². The van der Waals surface area contributed by atoms with Crippen LogP contribution in [0.1, 0.15) is 38.2 Å². The van der Waals surface area contributed by atoms with Gasteiger partial charge in [-0.1, -0.05) is 0 Å². The first-order chi connectivity index (χ1) is 8.80. The number of ether oxygens (including phenoxy) is 1. The maximum absolute atomic E-state index is 10.8. The molecule has 1 aromatic rings. The fourth-order valence-electron chi connectivity index (χ4n) is 1.83. The number of hydrogen-bond acceptors (Lipinski definition) is 5. The summed E-state index contributed by atoms with van der Waals surface area (Å²) in [7, 11) is 0.991. The van der Waals surface area contributed by atoms with Gasteiger partial charge in [-0.3, -0.25) is 4.79 Å². The predicted molar refractivity (Wildman–Crippen MR) is 71.9 cm³/mol. The molecule has 1 aliphatic rings. The van der Waals surface area contributed by atoms with Gasteiger partial charge in [0.15, 0.2) is 6.29 Å². The Morgan fingerprint density at radius 1 is 1.26 bits per heavy atom. The van der Waals surface area contributed by atoms with Crippen molar-refractivity contribution in [3.8, 4) is 5.75 Å². The van der Waals surface area contributed by atoms with E-state index in [9.17, 15) is 4.79 Å². The Hall–Kier alpha value is -1.40. The Bertz CT molecular complexity index is 485. The zero-order chi connectivity index (χ0) is 14.3. The van der Waals surface area contributed by atoms with E-state index in [1.165, 1.54) is 7.11 Å². The highest BCUT2D eigenvalue weighted by Crippen LogP contribution is 2.36. The summed E-state index contributed by atoms with van der Waals surface area (Å²) in [5, 5.41) is 0. The van der Waals surface area contributed by atoms with Crippen molar-refractivity contribution in [1.29, 1.82) is 0 Å². The lowest BCUT2D eigenvalue weighted by atomic mass is 9.80.